The molecule has 1 aliphatic carbocycles. The van der Waals surface area contributed by atoms with Crippen molar-refractivity contribution in [3.05, 3.63) is 24.0 Å². The number of carboxylic acid groups (broad SMARTS) is 1. The lowest BCUT2D eigenvalue weighted by Crippen LogP contribution is -2.63. The molecule has 0 radical (unpaired) electrons. The van der Waals surface area contributed by atoms with Crippen LogP contribution in [0.1, 0.15) is 19.3 Å². The van der Waals surface area contributed by atoms with Crippen LogP contribution in [-0.4, -0.2) is 44.0 Å². The minimum atomic E-state index is -3.89. The molecule has 3 rings (SSSR count). The molecular formula is C15H18FNO5S. The van der Waals surface area contributed by atoms with Gasteiger partial charge in [0.1, 0.15) is 4.90 Å². The van der Waals surface area contributed by atoms with Crippen LogP contribution in [0, 0.1) is 17.2 Å². The Balaban J connectivity index is 1.69. The SMILES string of the molecule is COc1cccc(S(=O)(=O)N2CC3(CC(CC(=O)O)C3)C2)c1F. The molecule has 1 aliphatic heterocycles. The first-order valence-corrected chi connectivity index (χ1v) is 8.76. The van der Waals surface area contributed by atoms with Gasteiger partial charge in [-0.15, -0.1) is 0 Å². The van der Waals surface area contributed by atoms with Crippen molar-refractivity contribution in [2.45, 2.75) is 24.2 Å². The maximum Gasteiger partial charge on any atom is 0.303 e. The van der Waals surface area contributed by atoms with E-state index in [4.69, 9.17) is 9.84 Å². The van der Waals surface area contributed by atoms with E-state index in [0.717, 1.165) is 0 Å². The Morgan fingerprint density at radius 2 is 2.09 bits per heavy atom. The van der Waals surface area contributed by atoms with Crippen LogP contribution in [-0.2, 0) is 14.8 Å². The molecule has 0 atom stereocenters. The zero-order valence-electron chi connectivity index (χ0n) is 12.7. The molecule has 1 spiro atoms. The van der Waals surface area contributed by atoms with E-state index in [2.05, 4.69) is 0 Å². The molecule has 1 saturated heterocycles. The van der Waals surface area contributed by atoms with Crippen molar-refractivity contribution >= 4 is 16.0 Å². The van der Waals surface area contributed by atoms with Crippen molar-refractivity contribution in [2.75, 3.05) is 20.2 Å². The molecule has 8 heteroatoms. The predicted molar refractivity (Wildman–Crippen MR) is 79.1 cm³/mol. The van der Waals surface area contributed by atoms with E-state index >= 15 is 0 Å². The number of nitrogens with zero attached hydrogens (tertiary/aromatic N) is 1. The summed E-state index contributed by atoms with van der Waals surface area (Å²) in [6.45, 7) is 0.643. The van der Waals surface area contributed by atoms with E-state index in [1.165, 1.54) is 29.6 Å². The third kappa shape index (κ3) is 2.70. The molecule has 2 fully saturated rings. The maximum absolute atomic E-state index is 14.2. The number of hydrogen-bond acceptors (Lipinski definition) is 4. The number of carbonyl (C=O) groups is 1. The van der Waals surface area contributed by atoms with Crippen LogP contribution in [0.3, 0.4) is 0 Å². The number of aliphatic carboxylic acids is 1. The molecule has 1 aromatic carbocycles. The zero-order valence-corrected chi connectivity index (χ0v) is 13.5. The molecule has 0 aromatic heterocycles. The van der Waals surface area contributed by atoms with Crippen molar-refractivity contribution < 1.29 is 27.4 Å². The Morgan fingerprint density at radius 3 is 2.65 bits per heavy atom. The number of hydrogen-bond donors (Lipinski definition) is 1. The van der Waals surface area contributed by atoms with Gasteiger partial charge in [0.15, 0.2) is 11.6 Å². The molecule has 6 nitrogen and oxygen atoms in total. The first kappa shape index (κ1) is 16.2. The summed E-state index contributed by atoms with van der Waals surface area (Å²) in [6, 6.07) is 4.04. The number of carboxylic acids is 1. The standard InChI is InChI=1S/C15H18FNO5S/c1-22-11-3-2-4-12(14(11)16)23(20,21)17-8-15(9-17)6-10(7-15)5-13(18)19/h2-4,10H,5-9H2,1H3,(H,18,19). The van der Waals surface area contributed by atoms with Crippen LogP contribution >= 0.6 is 0 Å². The fraction of sp³-hybridized carbons (Fsp3) is 0.533. The summed E-state index contributed by atoms with van der Waals surface area (Å²) < 4.78 is 45.3. The Morgan fingerprint density at radius 1 is 1.43 bits per heavy atom. The molecule has 1 N–H and O–H groups in total. The fourth-order valence-corrected chi connectivity index (χ4v) is 5.42. The quantitative estimate of drug-likeness (QED) is 0.880. The van der Waals surface area contributed by atoms with Gasteiger partial charge in [0, 0.05) is 19.5 Å². The number of halogens is 1. The average Bonchev–Trinajstić information content (AvgIpc) is 2.39. The summed E-state index contributed by atoms with van der Waals surface area (Å²) >= 11 is 0. The summed E-state index contributed by atoms with van der Waals surface area (Å²) in [5, 5.41) is 8.76. The second kappa shape index (κ2) is 5.45. The highest BCUT2D eigenvalue weighted by Gasteiger charge is 2.56. The Kier molecular flexibility index (Phi) is 3.84. The van der Waals surface area contributed by atoms with Crippen molar-refractivity contribution in [3.8, 4) is 5.75 Å². The van der Waals surface area contributed by atoms with Gasteiger partial charge in [0.25, 0.3) is 0 Å². The van der Waals surface area contributed by atoms with E-state index in [9.17, 15) is 17.6 Å². The summed E-state index contributed by atoms with van der Waals surface area (Å²) in [4.78, 5) is 10.3. The Hall–Kier alpha value is -1.67. The number of benzene rings is 1. The molecule has 1 saturated carbocycles. The molecule has 0 bridgehead atoms. The molecular weight excluding hydrogens is 325 g/mol. The minimum absolute atomic E-state index is 0.105. The third-order valence-electron chi connectivity index (χ3n) is 4.70. The summed E-state index contributed by atoms with van der Waals surface area (Å²) in [6.07, 6.45) is 1.55. The van der Waals surface area contributed by atoms with Crippen LogP contribution in [0.5, 0.6) is 5.75 Å². The molecule has 23 heavy (non-hydrogen) atoms. The van der Waals surface area contributed by atoms with Gasteiger partial charge >= 0.3 is 5.97 Å². The lowest BCUT2D eigenvalue weighted by molar-refractivity contribution is -0.142. The fourth-order valence-electron chi connectivity index (χ4n) is 3.67. The van der Waals surface area contributed by atoms with Crippen LogP contribution in [0.2, 0.25) is 0 Å². The molecule has 2 aliphatic rings. The lowest BCUT2D eigenvalue weighted by atomic mass is 9.58. The topological polar surface area (TPSA) is 83.9 Å². The number of rotatable bonds is 5. The molecule has 1 aromatic rings. The molecule has 1 heterocycles. The summed E-state index contributed by atoms with van der Waals surface area (Å²) in [7, 11) is -2.61. The van der Waals surface area contributed by atoms with Crippen LogP contribution < -0.4 is 4.74 Å². The first-order valence-electron chi connectivity index (χ1n) is 7.32. The number of sulfonamides is 1. The highest BCUT2D eigenvalue weighted by atomic mass is 32.2. The normalized spacial score (nSPS) is 20.8. The van der Waals surface area contributed by atoms with Crippen molar-refractivity contribution in [3.63, 3.8) is 0 Å². The van der Waals surface area contributed by atoms with Gasteiger partial charge in [-0.05, 0) is 36.3 Å². The maximum atomic E-state index is 14.2. The third-order valence-corrected chi connectivity index (χ3v) is 6.50. The van der Waals surface area contributed by atoms with Gasteiger partial charge in [-0.2, -0.15) is 4.31 Å². The second-order valence-corrected chi connectivity index (χ2v) is 8.32. The van der Waals surface area contributed by atoms with Gasteiger partial charge in [0.05, 0.1) is 7.11 Å². The second-order valence-electron chi connectivity index (χ2n) is 6.42. The van der Waals surface area contributed by atoms with Crippen molar-refractivity contribution in [1.29, 1.82) is 0 Å². The number of ether oxygens (including phenoxy) is 1. The van der Waals surface area contributed by atoms with E-state index in [1.807, 2.05) is 0 Å². The van der Waals surface area contributed by atoms with Crippen molar-refractivity contribution in [2.24, 2.45) is 11.3 Å². The van der Waals surface area contributed by atoms with Gasteiger partial charge in [0.2, 0.25) is 10.0 Å². The molecule has 0 amide bonds. The van der Waals surface area contributed by atoms with Gasteiger partial charge < -0.3 is 9.84 Å². The van der Waals surface area contributed by atoms with E-state index in [0.29, 0.717) is 25.9 Å². The average molecular weight is 343 g/mol. The van der Waals surface area contributed by atoms with Gasteiger partial charge in [-0.25, -0.2) is 12.8 Å². The smallest absolute Gasteiger partial charge is 0.303 e. The Labute approximate surface area is 133 Å². The zero-order chi connectivity index (χ0) is 16.8. The molecule has 126 valence electrons. The summed E-state index contributed by atoms with van der Waals surface area (Å²) in [5.74, 6) is -1.70. The highest BCUT2D eigenvalue weighted by Crippen LogP contribution is 2.54. The van der Waals surface area contributed by atoms with Crippen LogP contribution in [0.15, 0.2) is 23.1 Å². The van der Waals surface area contributed by atoms with E-state index in [-0.39, 0.29) is 28.4 Å². The minimum Gasteiger partial charge on any atom is -0.494 e. The monoisotopic (exact) mass is 343 g/mol. The van der Waals surface area contributed by atoms with Gasteiger partial charge in [-0.1, -0.05) is 6.07 Å². The van der Waals surface area contributed by atoms with E-state index in [1.54, 1.807) is 0 Å². The number of methoxy groups -OCH3 is 1. The van der Waals surface area contributed by atoms with Crippen LogP contribution in [0.25, 0.3) is 0 Å². The van der Waals surface area contributed by atoms with E-state index < -0.39 is 21.8 Å². The highest BCUT2D eigenvalue weighted by molar-refractivity contribution is 7.89. The lowest BCUT2D eigenvalue weighted by Gasteiger charge is -2.58. The van der Waals surface area contributed by atoms with Crippen LogP contribution in [0.4, 0.5) is 4.39 Å². The largest absolute Gasteiger partial charge is 0.494 e. The Bertz CT molecular complexity index is 734. The summed E-state index contributed by atoms with van der Waals surface area (Å²) in [5.41, 5.74) is -0.122. The predicted octanol–water partition coefficient (Wildman–Crippen LogP) is 1.71. The first-order chi connectivity index (χ1) is 10.8. The molecule has 0 unspecified atom stereocenters. The van der Waals surface area contributed by atoms with Gasteiger partial charge in [-0.3, -0.25) is 4.79 Å². The van der Waals surface area contributed by atoms with Crippen molar-refractivity contribution in [1.82, 2.24) is 4.31 Å².